The van der Waals surface area contributed by atoms with Crippen LogP contribution in [0.5, 0.6) is 5.75 Å². The molecule has 0 heterocycles. The molecule has 0 aliphatic carbocycles. The average molecular weight is 308 g/mol. The Morgan fingerprint density at radius 1 is 1.41 bits per heavy atom. The lowest BCUT2D eigenvalue weighted by Crippen LogP contribution is -2.32. The van der Waals surface area contributed by atoms with Gasteiger partial charge in [0.05, 0.1) is 12.5 Å². The monoisotopic (exact) mass is 308 g/mol. The van der Waals surface area contributed by atoms with E-state index in [1.165, 1.54) is 0 Å². The molecule has 6 nitrogen and oxygen atoms in total. The minimum atomic E-state index is -0.888. The van der Waals surface area contributed by atoms with Crippen LogP contribution in [0.4, 0.5) is 0 Å². The number of carbonyl (C=O) groups is 2. The quantitative estimate of drug-likeness (QED) is 0.570. The van der Waals surface area contributed by atoms with Crippen molar-refractivity contribution in [1.29, 1.82) is 0 Å². The summed E-state index contributed by atoms with van der Waals surface area (Å²) in [4.78, 5) is 23.1. The summed E-state index contributed by atoms with van der Waals surface area (Å²) in [6.45, 7) is 3.09. The highest BCUT2D eigenvalue weighted by molar-refractivity contribution is 5.94. The summed E-state index contributed by atoms with van der Waals surface area (Å²) in [6.07, 6.45) is 2.04. The van der Waals surface area contributed by atoms with Gasteiger partial charge in [0.2, 0.25) is 0 Å². The Bertz CT molecular complexity index is 491. The van der Waals surface area contributed by atoms with Gasteiger partial charge in [-0.15, -0.1) is 0 Å². The molecule has 0 saturated heterocycles. The van der Waals surface area contributed by atoms with Gasteiger partial charge in [0, 0.05) is 12.1 Å². The lowest BCUT2D eigenvalue weighted by Gasteiger charge is -2.13. The molecule has 22 heavy (non-hydrogen) atoms. The number of hydrogen-bond donors (Lipinski definition) is 3. The largest absolute Gasteiger partial charge is 0.494 e. The molecule has 0 aliphatic rings. The number of ether oxygens (including phenoxy) is 1. The van der Waals surface area contributed by atoms with Crippen LogP contribution < -0.4 is 15.8 Å². The maximum atomic E-state index is 12.1. The average Bonchev–Trinajstić information content (AvgIpc) is 2.51. The number of carbonyl (C=O) groups excluding carboxylic acids is 1. The van der Waals surface area contributed by atoms with Gasteiger partial charge in [-0.2, -0.15) is 0 Å². The first-order chi connectivity index (χ1) is 10.6. The Balaban J connectivity index is 2.57. The first kappa shape index (κ1) is 18.0. The fraction of sp³-hybridized carbons (Fsp3) is 0.500. The number of amides is 1. The van der Waals surface area contributed by atoms with E-state index in [2.05, 4.69) is 5.32 Å². The third kappa shape index (κ3) is 6.13. The van der Waals surface area contributed by atoms with Gasteiger partial charge < -0.3 is 20.9 Å². The van der Waals surface area contributed by atoms with Crippen LogP contribution in [0.15, 0.2) is 24.3 Å². The third-order valence-electron chi connectivity index (χ3n) is 3.21. The molecule has 6 heteroatoms. The highest BCUT2D eigenvalue weighted by atomic mass is 16.5. The molecular weight excluding hydrogens is 284 g/mol. The Labute approximate surface area is 130 Å². The second-order valence-corrected chi connectivity index (χ2v) is 5.05. The van der Waals surface area contributed by atoms with Gasteiger partial charge >= 0.3 is 5.97 Å². The van der Waals surface area contributed by atoms with Crippen molar-refractivity contribution in [3.63, 3.8) is 0 Å². The minimum absolute atomic E-state index is 0.125. The molecule has 0 saturated carbocycles. The molecule has 0 aliphatic heterocycles. The molecule has 1 aromatic rings. The number of benzene rings is 1. The normalized spacial score (nSPS) is 11.7. The summed E-state index contributed by atoms with van der Waals surface area (Å²) in [6, 6.07) is 6.81. The summed E-state index contributed by atoms with van der Waals surface area (Å²) in [5.74, 6) is -1.14. The number of carboxylic acids is 1. The highest BCUT2D eigenvalue weighted by Gasteiger charge is 2.17. The predicted octanol–water partition coefficient (Wildman–Crippen LogP) is 1.64. The second kappa shape index (κ2) is 9.78. The molecule has 0 spiro atoms. The van der Waals surface area contributed by atoms with E-state index < -0.39 is 11.9 Å². The first-order valence-electron chi connectivity index (χ1n) is 7.52. The van der Waals surface area contributed by atoms with Crippen molar-refractivity contribution in [1.82, 2.24) is 5.32 Å². The summed E-state index contributed by atoms with van der Waals surface area (Å²) >= 11 is 0. The minimum Gasteiger partial charge on any atom is -0.494 e. The second-order valence-electron chi connectivity index (χ2n) is 5.05. The van der Waals surface area contributed by atoms with E-state index in [9.17, 15) is 9.59 Å². The maximum absolute atomic E-state index is 12.1. The van der Waals surface area contributed by atoms with Crippen LogP contribution in [0.3, 0.4) is 0 Å². The zero-order valence-corrected chi connectivity index (χ0v) is 12.9. The Morgan fingerprint density at radius 2 is 2.18 bits per heavy atom. The van der Waals surface area contributed by atoms with Gasteiger partial charge in [0.25, 0.3) is 5.91 Å². The van der Waals surface area contributed by atoms with Crippen molar-refractivity contribution in [3.8, 4) is 5.75 Å². The van der Waals surface area contributed by atoms with Crippen molar-refractivity contribution in [2.75, 3.05) is 19.7 Å². The van der Waals surface area contributed by atoms with Gasteiger partial charge in [0.1, 0.15) is 5.75 Å². The molecule has 122 valence electrons. The molecule has 0 bridgehead atoms. The molecule has 0 fully saturated rings. The standard InChI is InChI=1S/C16H24N2O4/c1-2-5-13(16(20)21)11-18-15(19)12-6-3-7-14(10-12)22-9-4-8-17/h3,6-7,10,13H,2,4-5,8-9,11,17H2,1H3,(H,18,19)(H,20,21). The van der Waals surface area contributed by atoms with Crippen LogP contribution in [-0.4, -0.2) is 36.7 Å². The molecule has 1 unspecified atom stereocenters. The summed E-state index contributed by atoms with van der Waals surface area (Å²) < 4.78 is 5.49. The van der Waals surface area contributed by atoms with Crippen molar-refractivity contribution in [2.24, 2.45) is 11.7 Å². The predicted molar refractivity (Wildman–Crippen MR) is 84.0 cm³/mol. The molecule has 1 atom stereocenters. The number of carboxylic acid groups (broad SMARTS) is 1. The topological polar surface area (TPSA) is 102 Å². The van der Waals surface area contributed by atoms with Crippen molar-refractivity contribution < 1.29 is 19.4 Å². The van der Waals surface area contributed by atoms with E-state index >= 15 is 0 Å². The lowest BCUT2D eigenvalue weighted by molar-refractivity contribution is -0.141. The van der Waals surface area contributed by atoms with E-state index in [1.807, 2.05) is 6.92 Å². The Morgan fingerprint density at radius 3 is 2.82 bits per heavy atom. The van der Waals surface area contributed by atoms with Crippen LogP contribution in [0.1, 0.15) is 36.5 Å². The smallest absolute Gasteiger partial charge is 0.308 e. The van der Waals surface area contributed by atoms with E-state index in [1.54, 1.807) is 24.3 Å². The summed E-state index contributed by atoms with van der Waals surface area (Å²) in [5.41, 5.74) is 5.85. The van der Waals surface area contributed by atoms with Gasteiger partial charge in [-0.1, -0.05) is 19.4 Å². The van der Waals surface area contributed by atoms with E-state index in [-0.39, 0.29) is 12.5 Å². The van der Waals surface area contributed by atoms with Gasteiger partial charge in [-0.05, 0) is 37.6 Å². The lowest BCUT2D eigenvalue weighted by atomic mass is 10.0. The molecule has 1 rings (SSSR count). The molecule has 1 aromatic carbocycles. The van der Waals surface area contributed by atoms with Crippen LogP contribution >= 0.6 is 0 Å². The SMILES string of the molecule is CCCC(CNC(=O)c1cccc(OCCCN)c1)C(=O)O. The fourth-order valence-electron chi connectivity index (χ4n) is 1.98. The van der Waals surface area contributed by atoms with Crippen molar-refractivity contribution in [2.45, 2.75) is 26.2 Å². The third-order valence-corrected chi connectivity index (χ3v) is 3.21. The Kier molecular flexibility index (Phi) is 7.99. The number of nitrogens with two attached hydrogens (primary N) is 1. The van der Waals surface area contributed by atoms with Crippen LogP contribution in [0.2, 0.25) is 0 Å². The Hall–Kier alpha value is -2.08. The zero-order chi connectivity index (χ0) is 16.4. The summed E-state index contributed by atoms with van der Waals surface area (Å²) in [7, 11) is 0. The van der Waals surface area contributed by atoms with Crippen molar-refractivity contribution >= 4 is 11.9 Å². The van der Waals surface area contributed by atoms with E-state index in [0.29, 0.717) is 30.9 Å². The number of nitrogens with one attached hydrogen (secondary N) is 1. The van der Waals surface area contributed by atoms with Gasteiger partial charge in [0.15, 0.2) is 0 Å². The molecule has 0 radical (unpaired) electrons. The van der Waals surface area contributed by atoms with Crippen molar-refractivity contribution in [3.05, 3.63) is 29.8 Å². The van der Waals surface area contributed by atoms with Crippen LogP contribution in [-0.2, 0) is 4.79 Å². The number of aliphatic carboxylic acids is 1. The fourth-order valence-corrected chi connectivity index (χ4v) is 1.98. The zero-order valence-electron chi connectivity index (χ0n) is 12.9. The highest BCUT2D eigenvalue weighted by Crippen LogP contribution is 2.14. The molecular formula is C16H24N2O4. The van der Waals surface area contributed by atoms with Gasteiger partial charge in [-0.25, -0.2) is 0 Å². The molecule has 4 N–H and O–H groups in total. The maximum Gasteiger partial charge on any atom is 0.308 e. The van der Waals surface area contributed by atoms with Crippen LogP contribution in [0.25, 0.3) is 0 Å². The van der Waals surface area contributed by atoms with E-state index in [4.69, 9.17) is 15.6 Å². The molecule has 1 amide bonds. The first-order valence-corrected chi connectivity index (χ1v) is 7.52. The van der Waals surface area contributed by atoms with Gasteiger partial charge in [-0.3, -0.25) is 9.59 Å². The number of rotatable bonds is 10. The number of hydrogen-bond acceptors (Lipinski definition) is 4. The molecule has 0 aromatic heterocycles. The van der Waals surface area contributed by atoms with E-state index in [0.717, 1.165) is 12.8 Å². The summed E-state index contributed by atoms with van der Waals surface area (Å²) in [5, 5.41) is 11.7. The van der Waals surface area contributed by atoms with Crippen LogP contribution in [0, 0.1) is 5.92 Å².